The molecule has 1 aliphatic rings. The van der Waals surface area contributed by atoms with Crippen LogP contribution in [0.5, 0.6) is 11.5 Å². The number of carbonyl (C=O) groups excluding carboxylic acids is 2. The van der Waals surface area contributed by atoms with Gasteiger partial charge in [-0.3, -0.25) is 9.59 Å². The van der Waals surface area contributed by atoms with Crippen LogP contribution in [0.3, 0.4) is 0 Å². The number of methoxy groups -OCH3 is 2. The van der Waals surface area contributed by atoms with Crippen molar-refractivity contribution in [1.82, 2.24) is 0 Å². The number of carbonyl (C=O) groups is 2. The van der Waals surface area contributed by atoms with E-state index in [4.69, 9.17) is 21.1 Å². The van der Waals surface area contributed by atoms with Crippen molar-refractivity contribution in [2.45, 2.75) is 46.5 Å². The van der Waals surface area contributed by atoms with Crippen LogP contribution in [-0.2, 0) is 24.1 Å². The number of amides is 2. The highest BCUT2D eigenvalue weighted by molar-refractivity contribution is 7.17. The largest absolute Gasteiger partial charge is 0.493 e. The van der Waals surface area contributed by atoms with Crippen LogP contribution in [0.15, 0.2) is 42.5 Å². The van der Waals surface area contributed by atoms with Gasteiger partial charge in [-0.25, -0.2) is 0 Å². The van der Waals surface area contributed by atoms with Crippen molar-refractivity contribution in [3.63, 3.8) is 0 Å². The Bertz CT molecular complexity index is 1310. The maximum Gasteiger partial charge on any atom is 0.258 e. The van der Waals surface area contributed by atoms with E-state index in [9.17, 15) is 9.59 Å². The molecule has 1 atom stereocenters. The van der Waals surface area contributed by atoms with Gasteiger partial charge in [0.05, 0.1) is 36.9 Å². The first-order chi connectivity index (χ1) is 17.6. The van der Waals surface area contributed by atoms with E-state index < -0.39 is 0 Å². The molecule has 1 aromatic heterocycles. The number of para-hydroxylation sites is 1. The van der Waals surface area contributed by atoms with Gasteiger partial charge >= 0.3 is 0 Å². The maximum absolute atomic E-state index is 13.5. The molecule has 1 unspecified atom stereocenters. The molecular weight excluding hydrogens is 508 g/mol. The zero-order chi connectivity index (χ0) is 26.7. The first-order valence-corrected chi connectivity index (χ1v) is 13.5. The third kappa shape index (κ3) is 6.11. The predicted octanol–water partition coefficient (Wildman–Crippen LogP) is 7.00. The Morgan fingerprint density at radius 1 is 1.05 bits per heavy atom. The van der Waals surface area contributed by atoms with E-state index in [1.54, 1.807) is 38.5 Å². The Balaban J connectivity index is 1.62. The monoisotopic (exact) mass is 540 g/mol. The van der Waals surface area contributed by atoms with Gasteiger partial charge in [-0.2, -0.15) is 0 Å². The highest BCUT2D eigenvalue weighted by atomic mass is 35.5. The molecule has 0 bridgehead atoms. The zero-order valence-corrected chi connectivity index (χ0v) is 23.4. The van der Waals surface area contributed by atoms with Gasteiger partial charge in [0, 0.05) is 4.88 Å². The van der Waals surface area contributed by atoms with Crippen LogP contribution in [0.4, 0.5) is 10.7 Å². The molecule has 37 heavy (non-hydrogen) atoms. The van der Waals surface area contributed by atoms with E-state index >= 15 is 0 Å². The Morgan fingerprint density at radius 3 is 2.46 bits per heavy atom. The molecule has 0 fully saturated rings. The molecular formula is C29H33ClN2O4S. The molecule has 2 N–H and O–H groups in total. The summed E-state index contributed by atoms with van der Waals surface area (Å²) in [6, 6.07) is 12.5. The molecule has 0 saturated heterocycles. The summed E-state index contributed by atoms with van der Waals surface area (Å²) in [6.07, 6.45) is 2.82. The van der Waals surface area contributed by atoms with Gasteiger partial charge < -0.3 is 20.1 Å². The average molecular weight is 541 g/mol. The van der Waals surface area contributed by atoms with Crippen molar-refractivity contribution in [1.29, 1.82) is 0 Å². The summed E-state index contributed by atoms with van der Waals surface area (Å²) < 4.78 is 10.7. The molecule has 0 spiro atoms. The SMILES string of the molecule is COc1ccc(CC(=O)Nc2sc3c(c2C(=O)Nc2ccccc2Cl)CCC(C(C)(C)C)C3)cc1OC. The standard InChI is InChI=1S/C29H33ClN2O4S/c1-29(2,3)18-11-12-19-24(16-18)37-28(26(19)27(34)31-21-9-7-6-8-20(21)30)32-25(33)15-17-10-13-22(35-4)23(14-17)36-5/h6-10,13-14,18H,11-12,15-16H2,1-5H3,(H,31,34)(H,32,33). The molecule has 0 saturated carbocycles. The highest BCUT2D eigenvalue weighted by Crippen LogP contribution is 2.44. The molecule has 1 heterocycles. The van der Waals surface area contributed by atoms with Crippen LogP contribution in [-0.4, -0.2) is 26.0 Å². The van der Waals surface area contributed by atoms with Gasteiger partial charge in [0.15, 0.2) is 11.5 Å². The first kappa shape index (κ1) is 27.0. The minimum atomic E-state index is -0.263. The normalized spacial score (nSPS) is 15.0. The molecule has 0 aliphatic heterocycles. The van der Waals surface area contributed by atoms with Crippen molar-refractivity contribution < 1.29 is 19.1 Å². The minimum Gasteiger partial charge on any atom is -0.493 e. The molecule has 1 aliphatic carbocycles. The fourth-order valence-electron chi connectivity index (χ4n) is 4.75. The van der Waals surface area contributed by atoms with Crippen LogP contribution in [0.25, 0.3) is 0 Å². The van der Waals surface area contributed by atoms with Crippen molar-refractivity contribution in [2.75, 3.05) is 24.9 Å². The number of rotatable bonds is 7. The number of thiophene rings is 1. The smallest absolute Gasteiger partial charge is 0.258 e. The summed E-state index contributed by atoms with van der Waals surface area (Å²) >= 11 is 7.81. The van der Waals surface area contributed by atoms with Gasteiger partial charge in [-0.1, -0.05) is 50.6 Å². The van der Waals surface area contributed by atoms with Gasteiger partial charge in [-0.05, 0) is 66.0 Å². The zero-order valence-electron chi connectivity index (χ0n) is 21.9. The third-order valence-electron chi connectivity index (χ3n) is 6.90. The first-order valence-electron chi connectivity index (χ1n) is 12.3. The van der Waals surface area contributed by atoms with E-state index in [2.05, 4.69) is 31.4 Å². The second-order valence-corrected chi connectivity index (χ2v) is 11.9. The Hall–Kier alpha value is -3.03. The van der Waals surface area contributed by atoms with Crippen LogP contribution in [0.1, 0.15) is 53.6 Å². The number of ether oxygens (including phenoxy) is 2. The number of nitrogens with one attached hydrogen (secondary N) is 2. The lowest BCUT2D eigenvalue weighted by molar-refractivity contribution is -0.115. The van der Waals surface area contributed by atoms with Gasteiger partial charge in [-0.15, -0.1) is 11.3 Å². The summed E-state index contributed by atoms with van der Waals surface area (Å²) in [6.45, 7) is 6.77. The van der Waals surface area contributed by atoms with Crippen molar-refractivity contribution in [3.8, 4) is 11.5 Å². The summed E-state index contributed by atoms with van der Waals surface area (Å²) in [5, 5.41) is 7.02. The number of anilines is 2. The minimum absolute atomic E-state index is 0.138. The number of fused-ring (bicyclic) bond motifs is 1. The fraction of sp³-hybridized carbons (Fsp3) is 0.379. The Labute approximate surface area is 227 Å². The molecule has 6 nitrogen and oxygen atoms in total. The van der Waals surface area contributed by atoms with Crippen LogP contribution in [0.2, 0.25) is 5.02 Å². The number of hydrogen-bond acceptors (Lipinski definition) is 5. The predicted molar refractivity (Wildman–Crippen MR) is 151 cm³/mol. The molecule has 0 radical (unpaired) electrons. The lowest BCUT2D eigenvalue weighted by atomic mass is 9.72. The summed E-state index contributed by atoms with van der Waals surface area (Å²) in [5.41, 5.74) is 3.05. The molecule has 4 rings (SSSR count). The fourth-order valence-corrected chi connectivity index (χ4v) is 6.27. The van der Waals surface area contributed by atoms with E-state index in [1.165, 1.54) is 11.3 Å². The highest BCUT2D eigenvalue weighted by Gasteiger charge is 2.34. The Kier molecular flexibility index (Phi) is 8.14. The number of halogens is 1. The Morgan fingerprint density at radius 2 is 1.78 bits per heavy atom. The van der Waals surface area contributed by atoms with E-state index in [-0.39, 0.29) is 23.7 Å². The van der Waals surface area contributed by atoms with Crippen LogP contribution >= 0.6 is 22.9 Å². The number of hydrogen-bond donors (Lipinski definition) is 2. The van der Waals surface area contributed by atoms with E-state index in [0.29, 0.717) is 38.7 Å². The molecule has 8 heteroatoms. The van der Waals surface area contributed by atoms with E-state index in [1.807, 2.05) is 18.2 Å². The molecule has 2 amide bonds. The van der Waals surface area contributed by atoms with Gasteiger partial charge in [0.25, 0.3) is 5.91 Å². The molecule has 2 aromatic carbocycles. The lowest BCUT2D eigenvalue weighted by Crippen LogP contribution is -2.27. The second kappa shape index (κ2) is 11.2. The average Bonchev–Trinajstić information content (AvgIpc) is 3.21. The number of benzene rings is 2. The maximum atomic E-state index is 13.5. The summed E-state index contributed by atoms with van der Waals surface area (Å²) in [7, 11) is 3.13. The van der Waals surface area contributed by atoms with Crippen LogP contribution < -0.4 is 20.1 Å². The van der Waals surface area contributed by atoms with Crippen molar-refractivity contribution in [3.05, 3.63) is 69.1 Å². The van der Waals surface area contributed by atoms with E-state index in [0.717, 1.165) is 35.3 Å². The quantitative estimate of drug-likeness (QED) is 0.338. The summed E-state index contributed by atoms with van der Waals surface area (Å²) in [5.74, 6) is 1.21. The summed E-state index contributed by atoms with van der Waals surface area (Å²) in [4.78, 5) is 27.8. The van der Waals surface area contributed by atoms with Crippen molar-refractivity contribution >= 4 is 45.4 Å². The van der Waals surface area contributed by atoms with Crippen LogP contribution in [0, 0.1) is 11.3 Å². The second-order valence-electron chi connectivity index (χ2n) is 10.4. The van der Waals surface area contributed by atoms with Gasteiger partial charge in [0.2, 0.25) is 5.91 Å². The lowest BCUT2D eigenvalue weighted by Gasteiger charge is -2.33. The molecule has 3 aromatic rings. The van der Waals surface area contributed by atoms with Crippen molar-refractivity contribution in [2.24, 2.45) is 11.3 Å². The third-order valence-corrected chi connectivity index (χ3v) is 8.40. The van der Waals surface area contributed by atoms with Gasteiger partial charge in [0.1, 0.15) is 5.00 Å². The topological polar surface area (TPSA) is 76.7 Å². The molecule has 196 valence electrons.